The van der Waals surface area contributed by atoms with Crippen LogP contribution < -0.4 is 9.64 Å². The van der Waals surface area contributed by atoms with Gasteiger partial charge in [0.1, 0.15) is 17.3 Å². The topological polar surface area (TPSA) is 79.7 Å². The molecule has 1 fully saturated rings. The summed E-state index contributed by atoms with van der Waals surface area (Å²) in [7, 11) is 1.54. The van der Waals surface area contributed by atoms with Crippen LogP contribution in [0.15, 0.2) is 72.3 Å². The molecular weight excluding hydrogens is 467 g/mol. The van der Waals surface area contributed by atoms with Crippen molar-refractivity contribution in [3.8, 4) is 5.75 Å². The Bertz CT molecular complexity index is 1480. The van der Waals surface area contributed by atoms with E-state index in [-0.39, 0.29) is 16.9 Å². The van der Waals surface area contributed by atoms with E-state index in [0.717, 1.165) is 22.2 Å². The number of fused-ring (bicyclic) bond motifs is 1. The molecule has 1 atom stereocenters. The number of methoxy groups -OCH3 is 1. The Morgan fingerprint density at radius 3 is 2.46 bits per heavy atom. The Labute approximate surface area is 204 Å². The number of nitrogens with zero attached hydrogens (tertiary/aromatic N) is 2. The summed E-state index contributed by atoms with van der Waals surface area (Å²) >= 11 is 1.31. The number of ether oxygens (including phenoxy) is 1. The van der Waals surface area contributed by atoms with Crippen LogP contribution in [0.2, 0.25) is 0 Å². The number of aliphatic hydroxyl groups excluding tert-OH is 1. The van der Waals surface area contributed by atoms with Crippen LogP contribution in [0.5, 0.6) is 5.75 Å². The highest BCUT2D eigenvalue weighted by molar-refractivity contribution is 7.22. The molecule has 1 unspecified atom stereocenters. The first-order valence-corrected chi connectivity index (χ1v) is 11.8. The second-order valence-electron chi connectivity index (χ2n) is 8.10. The van der Waals surface area contributed by atoms with Gasteiger partial charge in [-0.1, -0.05) is 36.5 Å². The summed E-state index contributed by atoms with van der Waals surface area (Å²) < 4.78 is 19.6. The molecule has 6 nitrogen and oxygen atoms in total. The standard InChI is InChI=1S/C27H21FN2O4S/c1-3-15-4-13-20-21(14-15)35-27(29-20)30-23(16-7-11-19(34-2)12-8-16)22(25(32)26(30)33)24(31)17-5-9-18(28)10-6-17/h4-14,23,31H,3H2,1-2H3/b24-22+. The zero-order chi connectivity index (χ0) is 24.7. The second kappa shape index (κ2) is 8.96. The van der Waals surface area contributed by atoms with Crippen LogP contribution in [-0.2, 0) is 16.0 Å². The lowest BCUT2D eigenvalue weighted by molar-refractivity contribution is -0.132. The van der Waals surface area contributed by atoms with Crippen molar-refractivity contribution >= 4 is 44.1 Å². The van der Waals surface area contributed by atoms with Crippen LogP contribution in [0.25, 0.3) is 16.0 Å². The van der Waals surface area contributed by atoms with Crippen LogP contribution >= 0.6 is 11.3 Å². The summed E-state index contributed by atoms with van der Waals surface area (Å²) in [5.41, 5.74) is 2.61. The number of hydrogen-bond donors (Lipinski definition) is 1. The van der Waals surface area contributed by atoms with E-state index in [1.54, 1.807) is 31.4 Å². The third-order valence-electron chi connectivity index (χ3n) is 6.05. The second-order valence-corrected chi connectivity index (χ2v) is 9.11. The molecule has 1 aliphatic rings. The maximum absolute atomic E-state index is 13.5. The number of anilines is 1. The molecule has 1 N–H and O–H groups in total. The SMILES string of the molecule is CCc1ccc2nc(N3C(=O)C(=O)/C(=C(/O)c4ccc(F)cc4)C3c3ccc(OC)cc3)sc2c1. The number of Topliss-reactive ketones (excluding diaryl/α,β-unsaturated/α-hetero) is 1. The number of ketones is 1. The van der Waals surface area contributed by atoms with Crippen molar-refractivity contribution in [2.45, 2.75) is 19.4 Å². The zero-order valence-electron chi connectivity index (χ0n) is 19.0. The smallest absolute Gasteiger partial charge is 0.301 e. The molecule has 1 saturated heterocycles. The van der Waals surface area contributed by atoms with Crippen molar-refractivity contribution in [1.29, 1.82) is 0 Å². The van der Waals surface area contributed by atoms with Gasteiger partial charge in [0.25, 0.3) is 5.78 Å². The van der Waals surface area contributed by atoms with Crippen LogP contribution in [0, 0.1) is 5.82 Å². The average molecular weight is 489 g/mol. The minimum atomic E-state index is -0.919. The van der Waals surface area contributed by atoms with Gasteiger partial charge < -0.3 is 9.84 Å². The third kappa shape index (κ3) is 3.95. The van der Waals surface area contributed by atoms with Gasteiger partial charge >= 0.3 is 5.91 Å². The molecule has 0 aliphatic carbocycles. The van der Waals surface area contributed by atoms with Crippen LogP contribution in [0.1, 0.15) is 29.7 Å². The van der Waals surface area contributed by atoms with Crippen molar-refractivity contribution < 1.29 is 23.8 Å². The monoisotopic (exact) mass is 488 g/mol. The van der Waals surface area contributed by atoms with E-state index < -0.39 is 23.5 Å². The van der Waals surface area contributed by atoms with Gasteiger partial charge in [0.15, 0.2) is 5.13 Å². The summed E-state index contributed by atoms with van der Waals surface area (Å²) in [6.07, 6.45) is 0.858. The molecule has 35 heavy (non-hydrogen) atoms. The molecule has 0 bridgehead atoms. The van der Waals surface area contributed by atoms with Gasteiger partial charge in [0.2, 0.25) is 0 Å². The predicted octanol–water partition coefficient (Wildman–Crippen LogP) is 5.63. The quantitative estimate of drug-likeness (QED) is 0.224. The summed E-state index contributed by atoms with van der Waals surface area (Å²) in [4.78, 5) is 32.6. The number of aromatic nitrogens is 1. The Kier molecular flexibility index (Phi) is 5.82. The lowest BCUT2D eigenvalue weighted by Crippen LogP contribution is -2.29. The van der Waals surface area contributed by atoms with E-state index >= 15 is 0 Å². The molecule has 3 aromatic carbocycles. The summed E-state index contributed by atoms with van der Waals surface area (Å²) in [6.45, 7) is 2.06. The number of benzene rings is 3. The number of thiazole rings is 1. The number of carbonyl (C=O) groups is 2. The average Bonchev–Trinajstić information content (AvgIpc) is 3.41. The van der Waals surface area contributed by atoms with Gasteiger partial charge in [-0.15, -0.1) is 0 Å². The molecule has 176 valence electrons. The van der Waals surface area contributed by atoms with E-state index in [4.69, 9.17) is 4.74 Å². The number of halogens is 1. The largest absolute Gasteiger partial charge is 0.507 e. The maximum Gasteiger partial charge on any atom is 0.301 e. The lowest BCUT2D eigenvalue weighted by atomic mass is 9.95. The number of aryl methyl sites for hydroxylation is 1. The molecular formula is C27H21FN2O4S. The molecule has 1 aromatic heterocycles. The van der Waals surface area contributed by atoms with Gasteiger partial charge in [-0.25, -0.2) is 9.37 Å². The minimum absolute atomic E-state index is 0.0831. The minimum Gasteiger partial charge on any atom is -0.507 e. The predicted molar refractivity (Wildman–Crippen MR) is 133 cm³/mol. The Morgan fingerprint density at radius 2 is 1.80 bits per heavy atom. The van der Waals surface area contributed by atoms with Crippen LogP contribution in [0.4, 0.5) is 9.52 Å². The molecule has 1 aliphatic heterocycles. The number of carbonyl (C=O) groups excluding carboxylic acids is 2. The van der Waals surface area contributed by atoms with E-state index in [0.29, 0.717) is 16.4 Å². The highest BCUT2D eigenvalue weighted by atomic mass is 32.1. The van der Waals surface area contributed by atoms with Gasteiger partial charge in [-0.05, 0) is 66.1 Å². The van der Waals surface area contributed by atoms with Crippen molar-refractivity contribution in [2.75, 3.05) is 12.0 Å². The van der Waals surface area contributed by atoms with Crippen molar-refractivity contribution in [2.24, 2.45) is 0 Å². The highest BCUT2D eigenvalue weighted by Crippen LogP contribution is 2.44. The summed E-state index contributed by atoms with van der Waals surface area (Å²) in [6, 6.07) is 17.0. The normalized spacial score (nSPS) is 17.3. The summed E-state index contributed by atoms with van der Waals surface area (Å²) in [5.74, 6) is -1.86. The molecule has 1 amide bonds. The van der Waals surface area contributed by atoms with Gasteiger partial charge in [-0.2, -0.15) is 0 Å². The van der Waals surface area contributed by atoms with E-state index in [1.807, 2.05) is 18.2 Å². The Balaban J connectivity index is 1.70. The fourth-order valence-electron chi connectivity index (χ4n) is 4.17. The van der Waals surface area contributed by atoms with Gasteiger partial charge in [0.05, 0.1) is 28.9 Å². The Morgan fingerprint density at radius 1 is 1.09 bits per heavy atom. The molecule has 0 saturated carbocycles. The van der Waals surface area contributed by atoms with Crippen LogP contribution in [-0.4, -0.2) is 28.9 Å². The van der Waals surface area contributed by atoms with Crippen molar-refractivity contribution in [1.82, 2.24) is 4.98 Å². The maximum atomic E-state index is 13.5. The molecule has 0 spiro atoms. The number of amides is 1. The highest BCUT2D eigenvalue weighted by Gasteiger charge is 2.48. The summed E-state index contributed by atoms with van der Waals surface area (Å²) in [5, 5.41) is 11.5. The first-order chi connectivity index (χ1) is 16.9. The lowest BCUT2D eigenvalue weighted by Gasteiger charge is -2.23. The third-order valence-corrected chi connectivity index (χ3v) is 7.07. The first kappa shape index (κ1) is 22.7. The molecule has 5 rings (SSSR count). The number of rotatable bonds is 5. The van der Waals surface area contributed by atoms with Crippen molar-refractivity contribution in [3.05, 3.63) is 94.8 Å². The molecule has 0 radical (unpaired) electrons. The molecule has 4 aromatic rings. The molecule has 2 heterocycles. The van der Waals surface area contributed by atoms with Gasteiger partial charge in [0, 0.05) is 5.56 Å². The van der Waals surface area contributed by atoms with E-state index in [2.05, 4.69) is 11.9 Å². The van der Waals surface area contributed by atoms with Crippen LogP contribution in [0.3, 0.4) is 0 Å². The van der Waals surface area contributed by atoms with Crippen molar-refractivity contribution in [3.63, 3.8) is 0 Å². The number of aliphatic hydroxyl groups is 1. The zero-order valence-corrected chi connectivity index (χ0v) is 19.8. The fraction of sp³-hybridized carbons (Fsp3) is 0.148. The number of hydrogen-bond acceptors (Lipinski definition) is 6. The Hall–Kier alpha value is -4.04. The van der Waals surface area contributed by atoms with Gasteiger partial charge in [-0.3, -0.25) is 14.5 Å². The molecule has 8 heteroatoms. The first-order valence-electron chi connectivity index (χ1n) is 11.0. The van der Waals surface area contributed by atoms with E-state index in [9.17, 15) is 19.1 Å². The van der Waals surface area contributed by atoms with E-state index in [1.165, 1.54) is 40.5 Å². The fourth-order valence-corrected chi connectivity index (χ4v) is 5.23.